The van der Waals surface area contributed by atoms with Crippen LogP contribution >= 0.6 is 0 Å². The third-order valence-corrected chi connectivity index (χ3v) is 3.49. The molecule has 0 spiro atoms. The van der Waals surface area contributed by atoms with Crippen molar-refractivity contribution < 1.29 is 14.4 Å². The quantitative estimate of drug-likeness (QED) is 0.824. The lowest BCUT2D eigenvalue weighted by Gasteiger charge is -2.20. The van der Waals surface area contributed by atoms with Crippen molar-refractivity contribution in [2.24, 2.45) is 0 Å². The van der Waals surface area contributed by atoms with Gasteiger partial charge in [0.05, 0.1) is 17.7 Å². The number of aliphatic hydroxyl groups excluding tert-OH is 1. The van der Waals surface area contributed by atoms with Crippen molar-refractivity contribution in [2.75, 3.05) is 19.7 Å². The van der Waals surface area contributed by atoms with Gasteiger partial charge >= 0.3 is 0 Å². The van der Waals surface area contributed by atoms with Gasteiger partial charge in [0, 0.05) is 18.5 Å². The number of rotatable bonds is 6. The van der Waals surface area contributed by atoms with Gasteiger partial charge in [-0.05, 0) is 12.1 Å². The summed E-state index contributed by atoms with van der Waals surface area (Å²) < 4.78 is 5.37. The van der Waals surface area contributed by atoms with E-state index in [1.807, 2.05) is 26.8 Å². The Morgan fingerprint density at radius 1 is 1.38 bits per heavy atom. The van der Waals surface area contributed by atoms with Gasteiger partial charge < -0.3 is 14.5 Å². The minimum atomic E-state index is -0.244. The van der Waals surface area contributed by atoms with Crippen LogP contribution in [-0.2, 0) is 5.41 Å². The molecule has 1 heterocycles. The zero-order chi connectivity index (χ0) is 17.7. The van der Waals surface area contributed by atoms with E-state index in [4.69, 9.17) is 9.63 Å². The molecular weight excluding hydrogens is 306 g/mol. The van der Waals surface area contributed by atoms with Crippen molar-refractivity contribution in [3.8, 4) is 11.5 Å². The van der Waals surface area contributed by atoms with Crippen molar-refractivity contribution in [1.82, 2.24) is 15.0 Å². The molecule has 1 aromatic heterocycles. The van der Waals surface area contributed by atoms with Crippen LogP contribution in [0.2, 0.25) is 0 Å². The first-order valence-corrected chi connectivity index (χ1v) is 7.83. The number of carbonyl (C=O) groups excluding carboxylic acids is 1. The molecule has 0 radical (unpaired) electrons. The molecule has 1 amide bonds. The van der Waals surface area contributed by atoms with Crippen LogP contribution in [0.15, 0.2) is 41.4 Å². The van der Waals surface area contributed by atoms with E-state index >= 15 is 0 Å². The monoisotopic (exact) mass is 329 g/mol. The van der Waals surface area contributed by atoms with Gasteiger partial charge in [-0.15, -0.1) is 6.58 Å². The van der Waals surface area contributed by atoms with Gasteiger partial charge in [-0.25, -0.2) is 0 Å². The number of aromatic nitrogens is 2. The van der Waals surface area contributed by atoms with Gasteiger partial charge in [-0.3, -0.25) is 4.79 Å². The molecule has 0 aliphatic carbocycles. The third kappa shape index (κ3) is 3.89. The summed E-state index contributed by atoms with van der Waals surface area (Å²) in [5.41, 5.74) is 0.793. The first kappa shape index (κ1) is 17.9. The van der Waals surface area contributed by atoms with E-state index in [9.17, 15) is 4.79 Å². The number of hydrogen-bond acceptors (Lipinski definition) is 5. The highest BCUT2D eigenvalue weighted by Gasteiger charge is 2.25. The Balaban J connectivity index is 2.41. The van der Waals surface area contributed by atoms with Crippen LogP contribution in [0.1, 0.15) is 37.0 Å². The summed E-state index contributed by atoms with van der Waals surface area (Å²) in [6.07, 6.45) is 1.63. The van der Waals surface area contributed by atoms with Gasteiger partial charge in [0.25, 0.3) is 11.8 Å². The highest BCUT2D eigenvalue weighted by molar-refractivity contribution is 6.00. The number of hydrogen-bond donors (Lipinski definition) is 1. The molecular formula is C18H23N3O3. The predicted octanol–water partition coefficient (Wildman–Crippen LogP) is 2.65. The fourth-order valence-corrected chi connectivity index (χ4v) is 2.22. The Morgan fingerprint density at radius 2 is 2.08 bits per heavy atom. The smallest absolute Gasteiger partial charge is 0.258 e. The summed E-state index contributed by atoms with van der Waals surface area (Å²) in [7, 11) is 0. The second-order valence-corrected chi connectivity index (χ2v) is 6.48. The van der Waals surface area contributed by atoms with E-state index in [0.717, 1.165) is 0 Å². The zero-order valence-electron chi connectivity index (χ0n) is 14.3. The molecule has 6 heteroatoms. The maximum Gasteiger partial charge on any atom is 0.258 e. The second kappa shape index (κ2) is 7.40. The van der Waals surface area contributed by atoms with Crippen molar-refractivity contribution >= 4 is 5.91 Å². The molecule has 0 fully saturated rings. The summed E-state index contributed by atoms with van der Waals surface area (Å²) in [4.78, 5) is 18.7. The normalized spacial score (nSPS) is 11.3. The topological polar surface area (TPSA) is 79.5 Å². The van der Waals surface area contributed by atoms with Gasteiger partial charge in [0.15, 0.2) is 5.82 Å². The van der Waals surface area contributed by atoms with Gasteiger partial charge in [0.1, 0.15) is 0 Å². The van der Waals surface area contributed by atoms with Crippen molar-refractivity contribution in [2.45, 2.75) is 26.2 Å². The fourth-order valence-electron chi connectivity index (χ4n) is 2.22. The maximum atomic E-state index is 12.8. The minimum absolute atomic E-state index is 0.115. The van der Waals surface area contributed by atoms with Crippen LogP contribution in [0.5, 0.6) is 0 Å². The number of nitrogens with zero attached hydrogens (tertiary/aromatic N) is 3. The van der Waals surface area contributed by atoms with Crippen molar-refractivity contribution in [3.05, 3.63) is 48.3 Å². The standard InChI is InChI=1S/C18H23N3O3/c1-5-10-21(11-12-22)16(23)14-9-7-6-8-13(14)15-19-17(20-24-15)18(2,3)4/h5-9,22H,1,10-12H2,2-4H3. The molecule has 0 atom stereocenters. The zero-order valence-corrected chi connectivity index (χ0v) is 14.3. The summed E-state index contributed by atoms with van der Waals surface area (Å²) in [6, 6.07) is 7.09. The molecule has 6 nitrogen and oxygen atoms in total. The molecule has 1 N–H and O–H groups in total. The Hall–Kier alpha value is -2.47. The Morgan fingerprint density at radius 3 is 2.67 bits per heavy atom. The molecule has 2 aromatic rings. The lowest BCUT2D eigenvalue weighted by Crippen LogP contribution is -2.34. The van der Waals surface area contributed by atoms with E-state index in [1.54, 1.807) is 24.3 Å². The lowest BCUT2D eigenvalue weighted by molar-refractivity contribution is 0.0743. The number of amides is 1. The molecule has 0 bridgehead atoms. The Kier molecular flexibility index (Phi) is 5.51. The molecule has 0 saturated carbocycles. The van der Waals surface area contributed by atoms with Crippen molar-refractivity contribution in [1.29, 1.82) is 0 Å². The van der Waals surface area contributed by atoms with E-state index in [1.165, 1.54) is 4.90 Å². The molecule has 0 aliphatic rings. The van der Waals surface area contributed by atoms with Gasteiger partial charge in [-0.2, -0.15) is 4.98 Å². The SMILES string of the molecule is C=CCN(CCO)C(=O)c1ccccc1-c1nc(C(C)(C)C)no1. The third-order valence-electron chi connectivity index (χ3n) is 3.49. The highest BCUT2D eigenvalue weighted by Crippen LogP contribution is 2.26. The predicted molar refractivity (Wildman–Crippen MR) is 91.6 cm³/mol. The van der Waals surface area contributed by atoms with Crippen LogP contribution in [0.3, 0.4) is 0 Å². The maximum absolute atomic E-state index is 12.8. The summed E-state index contributed by atoms with van der Waals surface area (Å²) in [5.74, 6) is 0.680. The minimum Gasteiger partial charge on any atom is -0.395 e. The number of aliphatic hydroxyl groups is 1. The summed E-state index contributed by atoms with van der Waals surface area (Å²) in [5, 5.41) is 13.2. The summed E-state index contributed by atoms with van der Waals surface area (Å²) >= 11 is 0. The fraction of sp³-hybridized carbons (Fsp3) is 0.389. The Labute approximate surface area is 141 Å². The molecule has 0 unspecified atom stereocenters. The first-order chi connectivity index (χ1) is 11.4. The van der Waals surface area contributed by atoms with E-state index in [-0.39, 0.29) is 24.5 Å². The highest BCUT2D eigenvalue weighted by atomic mass is 16.5. The lowest BCUT2D eigenvalue weighted by atomic mass is 9.96. The number of carbonyl (C=O) groups is 1. The molecule has 24 heavy (non-hydrogen) atoms. The van der Waals surface area contributed by atoms with Crippen LogP contribution in [-0.4, -0.2) is 45.8 Å². The molecule has 0 aliphatic heterocycles. The molecule has 0 saturated heterocycles. The molecule has 128 valence electrons. The average molecular weight is 329 g/mol. The van der Waals surface area contributed by atoms with Crippen LogP contribution in [0.4, 0.5) is 0 Å². The van der Waals surface area contributed by atoms with E-state index in [0.29, 0.717) is 29.4 Å². The van der Waals surface area contributed by atoms with Crippen LogP contribution in [0.25, 0.3) is 11.5 Å². The van der Waals surface area contributed by atoms with Crippen LogP contribution < -0.4 is 0 Å². The van der Waals surface area contributed by atoms with Crippen LogP contribution in [0, 0.1) is 0 Å². The number of benzene rings is 1. The average Bonchev–Trinajstić information content (AvgIpc) is 3.04. The van der Waals surface area contributed by atoms with Crippen molar-refractivity contribution in [3.63, 3.8) is 0 Å². The van der Waals surface area contributed by atoms with E-state index in [2.05, 4.69) is 16.7 Å². The van der Waals surface area contributed by atoms with Gasteiger partial charge in [0.2, 0.25) is 0 Å². The molecule has 1 aromatic carbocycles. The van der Waals surface area contributed by atoms with Gasteiger partial charge in [-0.1, -0.05) is 44.1 Å². The van der Waals surface area contributed by atoms with E-state index < -0.39 is 0 Å². The summed E-state index contributed by atoms with van der Waals surface area (Å²) in [6.45, 7) is 10.1. The largest absolute Gasteiger partial charge is 0.395 e. The molecule has 2 rings (SSSR count). The first-order valence-electron chi connectivity index (χ1n) is 7.83. The Bertz CT molecular complexity index is 716. The second-order valence-electron chi connectivity index (χ2n) is 6.48.